The number of aliphatic hydroxyl groups excluding tert-OH is 1. The van der Waals surface area contributed by atoms with Gasteiger partial charge in [0.05, 0.1) is 12.3 Å². The average molecular weight is 514 g/mol. The number of hydrogen-bond donors (Lipinski definition) is 3. The Morgan fingerprint density at radius 1 is 1.26 bits per heavy atom. The van der Waals surface area contributed by atoms with E-state index in [1.807, 2.05) is 0 Å². The van der Waals surface area contributed by atoms with E-state index in [1.165, 1.54) is 19.9 Å². The second-order valence-electron chi connectivity index (χ2n) is 8.72. The number of sulfonamides is 1. The second-order valence-corrected chi connectivity index (χ2v) is 11.7. The van der Waals surface area contributed by atoms with Crippen molar-refractivity contribution in [2.45, 2.75) is 69.3 Å². The Hall–Kier alpha value is -2.23. The first-order chi connectivity index (χ1) is 15.7. The molecule has 0 aliphatic carbocycles. The molecule has 186 valence electrons. The molecule has 1 aromatic carbocycles. The van der Waals surface area contributed by atoms with Crippen molar-refractivity contribution >= 4 is 21.4 Å². The summed E-state index contributed by atoms with van der Waals surface area (Å²) in [5.41, 5.74) is -1.64. The zero-order valence-corrected chi connectivity index (χ0v) is 21.4. The molecule has 0 saturated heterocycles. The number of nitrogens with one attached hydrogen (secondary N) is 1. The molecule has 0 radical (unpaired) electrons. The van der Waals surface area contributed by atoms with Gasteiger partial charge in [0.1, 0.15) is 33.9 Å². The Bertz CT molecular complexity index is 1230. The molecule has 1 atom stereocenters. The average Bonchev–Trinajstić information content (AvgIpc) is 3.19. The SMILES string of the molecule is C=CC(C)c1c(F)c(C#N)c(F)c(C(C)C)c1CCNS(=O)(=O)c1sc(C(C)(C)O)nc1CO. The summed E-state index contributed by atoms with van der Waals surface area (Å²) in [5.74, 6) is -2.87. The van der Waals surface area contributed by atoms with Gasteiger partial charge >= 0.3 is 0 Å². The molecule has 0 amide bonds. The highest BCUT2D eigenvalue weighted by Crippen LogP contribution is 2.36. The third-order valence-electron chi connectivity index (χ3n) is 5.31. The Labute approximate surface area is 202 Å². The number of hydrogen-bond acceptors (Lipinski definition) is 7. The minimum absolute atomic E-state index is 0.0502. The number of thiazole rings is 1. The number of halogens is 2. The molecule has 1 aromatic heterocycles. The monoisotopic (exact) mass is 513 g/mol. The summed E-state index contributed by atoms with van der Waals surface area (Å²) in [5, 5.41) is 29.1. The Morgan fingerprint density at radius 3 is 2.32 bits per heavy atom. The predicted molar refractivity (Wildman–Crippen MR) is 126 cm³/mol. The standard InChI is InChI=1S/C23H29F2N3O4S2/c1-7-13(4)18-14(17(12(2)3)19(24)15(10-26)20(18)25)8-9-27-34(31,32)21-16(11-29)28-22(33-21)23(5,6)30/h7,12-13,27,29-30H,1,8-9,11H2,2-6H3. The lowest BCUT2D eigenvalue weighted by molar-refractivity contribution is 0.0779. The van der Waals surface area contributed by atoms with Crippen molar-refractivity contribution in [2.75, 3.05) is 6.54 Å². The van der Waals surface area contributed by atoms with Crippen LogP contribution < -0.4 is 4.72 Å². The van der Waals surface area contributed by atoms with Crippen LogP contribution in [0.2, 0.25) is 0 Å². The van der Waals surface area contributed by atoms with Crippen molar-refractivity contribution in [1.29, 1.82) is 5.26 Å². The van der Waals surface area contributed by atoms with E-state index in [4.69, 9.17) is 0 Å². The van der Waals surface area contributed by atoms with E-state index < -0.39 is 51.3 Å². The van der Waals surface area contributed by atoms with Crippen LogP contribution in [0.15, 0.2) is 16.9 Å². The number of nitriles is 1. The van der Waals surface area contributed by atoms with Crippen molar-refractivity contribution < 1.29 is 27.4 Å². The van der Waals surface area contributed by atoms with Gasteiger partial charge in [-0.15, -0.1) is 17.9 Å². The Morgan fingerprint density at radius 2 is 1.85 bits per heavy atom. The van der Waals surface area contributed by atoms with E-state index >= 15 is 8.78 Å². The summed E-state index contributed by atoms with van der Waals surface area (Å²) < 4.78 is 58.2. The van der Waals surface area contributed by atoms with Crippen LogP contribution in [-0.4, -0.2) is 30.2 Å². The van der Waals surface area contributed by atoms with Crippen LogP contribution in [0.25, 0.3) is 0 Å². The largest absolute Gasteiger partial charge is 0.390 e. The quantitative estimate of drug-likeness (QED) is 0.414. The van der Waals surface area contributed by atoms with E-state index in [1.54, 1.807) is 26.8 Å². The maximum absolute atomic E-state index is 15.1. The molecule has 1 heterocycles. The summed E-state index contributed by atoms with van der Waals surface area (Å²) in [7, 11) is -4.14. The molecule has 0 spiro atoms. The molecule has 0 saturated carbocycles. The highest BCUT2D eigenvalue weighted by atomic mass is 32.2. The number of aliphatic hydroxyl groups is 2. The molecule has 0 aliphatic rings. The molecule has 1 unspecified atom stereocenters. The molecular formula is C23H29F2N3O4S2. The molecule has 0 aliphatic heterocycles. The number of benzene rings is 1. The van der Waals surface area contributed by atoms with Gasteiger partial charge in [0.15, 0.2) is 4.21 Å². The molecule has 2 aromatic rings. The predicted octanol–water partition coefficient (Wildman–Crippen LogP) is 3.95. The van der Waals surface area contributed by atoms with Crippen molar-refractivity contribution in [3.05, 3.63) is 57.2 Å². The summed E-state index contributed by atoms with van der Waals surface area (Å²) in [4.78, 5) is 4.02. The summed E-state index contributed by atoms with van der Waals surface area (Å²) in [6.07, 6.45) is 1.42. The highest BCUT2D eigenvalue weighted by molar-refractivity contribution is 7.91. The van der Waals surface area contributed by atoms with Crippen molar-refractivity contribution in [1.82, 2.24) is 9.71 Å². The van der Waals surface area contributed by atoms with Crippen LogP contribution in [0.4, 0.5) is 8.78 Å². The fourth-order valence-electron chi connectivity index (χ4n) is 3.62. The third-order valence-corrected chi connectivity index (χ3v) is 8.73. The summed E-state index contributed by atoms with van der Waals surface area (Å²) in [6.45, 7) is 10.8. The van der Waals surface area contributed by atoms with Crippen LogP contribution >= 0.6 is 11.3 Å². The maximum atomic E-state index is 15.1. The molecule has 34 heavy (non-hydrogen) atoms. The van der Waals surface area contributed by atoms with Crippen molar-refractivity contribution in [2.24, 2.45) is 0 Å². The summed E-state index contributed by atoms with van der Waals surface area (Å²) >= 11 is 0.733. The summed E-state index contributed by atoms with van der Waals surface area (Å²) in [6, 6.07) is 1.59. The van der Waals surface area contributed by atoms with Gasteiger partial charge in [-0.05, 0) is 42.9 Å². The zero-order chi connectivity index (χ0) is 26.0. The van der Waals surface area contributed by atoms with Crippen LogP contribution in [0.5, 0.6) is 0 Å². The van der Waals surface area contributed by atoms with Crippen molar-refractivity contribution in [3.8, 4) is 6.07 Å². The highest BCUT2D eigenvalue weighted by Gasteiger charge is 2.30. The molecule has 0 fully saturated rings. The first-order valence-electron chi connectivity index (χ1n) is 10.6. The Kier molecular flexibility index (Phi) is 8.72. The van der Waals surface area contributed by atoms with Crippen LogP contribution in [-0.2, 0) is 28.7 Å². The van der Waals surface area contributed by atoms with E-state index in [2.05, 4.69) is 16.3 Å². The van der Waals surface area contributed by atoms with Gasteiger partial charge in [-0.3, -0.25) is 0 Å². The lowest BCUT2D eigenvalue weighted by Crippen LogP contribution is -2.27. The minimum atomic E-state index is -4.14. The molecule has 3 N–H and O–H groups in total. The van der Waals surface area contributed by atoms with Gasteiger partial charge in [-0.1, -0.05) is 26.8 Å². The number of nitrogens with zero attached hydrogens (tertiary/aromatic N) is 2. The number of allylic oxidation sites excluding steroid dienone is 1. The molecule has 0 bridgehead atoms. The number of rotatable bonds is 10. The first kappa shape index (κ1) is 28.0. The number of aromatic nitrogens is 1. The van der Waals surface area contributed by atoms with Gasteiger partial charge in [0.2, 0.25) is 0 Å². The maximum Gasteiger partial charge on any atom is 0.252 e. The van der Waals surface area contributed by atoms with E-state index in [9.17, 15) is 23.9 Å². The van der Waals surface area contributed by atoms with E-state index in [0.29, 0.717) is 0 Å². The van der Waals surface area contributed by atoms with Gasteiger partial charge in [0.25, 0.3) is 10.0 Å². The molecular weight excluding hydrogens is 484 g/mol. The Balaban J connectivity index is 2.49. The van der Waals surface area contributed by atoms with Crippen LogP contribution in [0, 0.1) is 23.0 Å². The molecule has 2 rings (SSSR count). The normalized spacial score (nSPS) is 13.2. The smallest absolute Gasteiger partial charge is 0.252 e. The zero-order valence-electron chi connectivity index (χ0n) is 19.7. The van der Waals surface area contributed by atoms with Gasteiger partial charge < -0.3 is 10.2 Å². The van der Waals surface area contributed by atoms with Crippen molar-refractivity contribution in [3.63, 3.8) is 0 Å². The van der Waals surface area contributed by atoms with E-state index in [-0.39, 0.29) is 44.6 Å². The van der Waals surface area contributed by atoms with Gasteiger partial charge in [-0.2, -0.15) is 5.26 Å². The molecule has 11 heteroatoms. The van der Waals surface area contributed by atoms with Crippen LogP contribution in [0.3, 0.4) is 0 Å². The third kappa shape index (κ3) is 5.53. The fraction of sp³-hybridized carbons (Fsp3) is 0.478. The fourth-order valence-corrected chi connectivity index (χ4v) is 6.21. The molecule has 7 nitrogen and oxygen atoms in total. The van der Waals surface area contributed by atoms with Gasteiger partial charge in [-0.25, -0.2) is 26.9 Å². The minimum Gasteiger partial charge on any atom is -0.390 e. The first-order valence-corrected chi connectivity index (χ1v) is 12.9. The van der Waals surface area contributed by atoms with Gasteiger partial charge in [0, 0.05) is 12.5 Å². The van der Waals surface area contributed by atoms with E-state index in [0.717, 1.165) is 11.3 Å². The topological polar surface area (TPSA) is 123 Å². The lowest BCUT2D eigenvalue weighted by atomic mass is 9.83. The van der Waals surface area contributed by atoms with Crippen LogP contribution in [0.1, 0.15) is 79.4 Å². The lowest BCUT2D eigenvalue weighted by Gasteiger charge is -2.23. The second kappa shape index (κ2) is 10.6.